The highest BCUT2D eigenvalue weighted by Gasteiger charge is 2.35. The van der Waals surface area contributed by atoms with Gasteiger partial charge < -0.3 is 11.1 Å². The quantitative estimate of drug-likeness (QED) is 0.907. The Morgan fingerprint density at radius 1 is 1.22 bits per heavy atom. The summed E-state index contributed by atoms with van der Waals surface area (Å²) >= 11 is 0. The Morgan fingerprint density at radius 3 is 2.35 bits per heavy atom. The molecular weight excluding hydrogens is 309 g/mol. The van der Waals surface area contributed by atoms with Crippen LogP contribution in [0.3, 0.4) is 0 Å². The number of hydrogen-bond donors (Lipinski definition) is 2. The number of carbonyl (C=O) groups excluding carboxylic acids is 1. The summed E-state index contributed by atoms with van der Waals surface area (Å²) in [5, 5.41) is 6.36. The lowest BCUT2D eigenvalue weighted by Crippen LogP contribution is -2.34. The number of halogens is 3. The molecule has 0 spiro atoms. The van der Waals surface area contributed by atoms with Gasteiger partial charge in [-0.25, -0.2) is 4.68 Å². The minimum Gasteiger partial charge on any atom is -0.327 e. The second-order valence-corrected chi connectivity index (χ2v) is 5.31. The van der Waals surface area contributed by atoms with Crippen LogP contribution in [-0.2, 0) is 11.0 Å². The molecule has 2 rings (SSSR count). The molecule has 0 aliphatic carbocycles. The van der Waals surface area contributed by atoms with Crippen LogP contribution in [0.4, 0.5) is 18.9 Å². The van der Waals surface area contributed by atoms with Crippen molar-refractivity contribution in [3.05, 3.63) is 42.2 Å². The normalized spacial score (nSPS) is 14.3. The van der Waals surface area contributed by atoms with E-state index in [1.165, 1.54) is 24.3 Å². The van der Waals surface area contributed by atoms with Crippen LogP contribution in [0.2, 0.25) is 0 Å². The van der Waals surface area contributed by atoms with Gasteiger partial charge in [0.15, 0.2) is 0 Å². The third-order valence-electron chi connectivity index (χ3n) is 3.51. The van der Waals surface area contributed by atoms with Crippen molar-refractivity contribution in [2.24, 2.45) is 11.7 Å². The van der Waals surface area contributed by atoms with Gasteiger partial charge in [0.25, 0.3) is 0 Å². The second-order valence-electron chi connectivity index (χ2n) is 5.31. The molecule has 0 radical (unpaired) electrons. The molecule has 0 saturated heterocycles. The Bertz CT molecular complexity index is 677. The third-order valence-corrected chi connectivity index (χ3v) is 3.51. The van der Waals surface area contributed by atoms with Crippen molar-refractivity contribution >= 4 is 11.6 Å². The Kier molecular flexibility index (Phi) is 4.74. The largest absolute Gasteiger partial charge is 0.433 e. The maximum Gasteiger partial charge on any atom is 0.433 e. The van der Waals surface area contributed by atoms with Gasteiger partial charge in [-0.05, 0) is 37.3 Å². The molecule has 124 valence electrons. The standard InChI is InChI=1S/C15H17F3N4O/c1-9(10(2)19)14(23)21-11-3-5-12(6-4-11)22-13(7-8-20-22)15(16,17)18/h3-10H,19H2,1-2H3,(H,21,23). The van der Waals surface area contributed by atoms with Crippen LogP contribution in [0.25, 0.3) is 5.69 Å². The zero-order chi connectivity index (χ0) is 17.2. The van der Waals surface area contributed by atoms with Gasteiger partial charge >= 0.3 is 6.18 Å². The minimum absolute atomic E-state index is 0.247. The number of aromatic nitrogens is 2. The van der Waals surface area contributed by atoms with E-state index in [0.717, 1.165) is 16.9 Å². The fourth-order valence-corrected chi connectivity index (χ4v) is 1.90. The van der Waals surface area contributed by atoms with Crippen LogP contribution >= 0.6 is 0 Å². The van der Waals surface area contributed by atoms with E-state index in [1.807, 2.05) is 0 Å². The fourth-order valence-electron chi connectivity index (χ4n) is 1.90. The van der Waals surface area contributed by atoms with E-state index < -0.39 is 11.9 Å². The van der Waals surface area contributed by atoms with Crippen molar-refractivity contribution in [3.63, 3.8) is 0 Å². The molecule has 23 heavy (non-hydrogen) atoms. The molecule has 2 unspecified atom stereocenters. The first-order valence-corrected chi connectivity index (χ1v) is 6.98. The predicted molar refractivity (Wildman–Crippen MR) is 80.0 cm³/mol. The number of benzene rings is 1. The smallest absolute Gasteiger partial charge is 0.327 e. The molecule has 1 amide bonds. The van der Waals surface area contributed by atoms with Gasteiger partial charge in [-0.2, -0.15) is 18.3 Å². The Balaban J connectivity index is 2.18. The summed E-state index contributed by atoms with van der Waals surface area (Å²) in [6.07, 6.45) is -3.40. The highest BCUT2D eigenvalue weighted by molar-refractivity contribution is 5.92. The zero-order valence-corrected chi connectivity index (χ0v) is 12.6. The molecule has 2 aromatic rings. The molecular formula is C15H17F3N4O. The lowest BCUT2D eigenvalue weighted by atomic mass is 10.0. The SMILES string of the molecule is CC(N)C(C)C(=O)Nc1ccc(-n2nccc2C(F)(F)F)cc1. The topological polar surface area (TPSA) is 72.9 Å². The van der Waals surface area contributed by atoms with Crippen molar-refractivity contribution in [1.82, 2.24) is 9.78 Å². The molecule has 0 aliphatic rings. The minimum atomic E-state index is -4.49. The lowest BCUT2D eigenvalue weighted by Gasteiger charge is -2.15. The van der Waals surface area contributed by atoms with Gasteiger partial charge in [0.2, 0.25) is 5.91 Å². The molecule has 3 N–H and O–H groups in total. The van der Waals surface area contributed by atoms with E-state index in [2.05, 4.69) is 10.4 Å². The molecule has 8 heteroatoms. The number of amides is 1. The number of nitrogens with two attached hydrogens (primary N) is 1. The van der Waals surface area contributed by atoms with E-state index in [0.29, 0.717) is 5.69 Å². The highest BCUT2D eigenvalue weighted by Crippen LogP contribution is 2.30. The van der Waals surface area contributed by atoms with Crippen molar-refractivity contribution in [1.29, 1.82) is 0 Å². The van der Waals surface area contributed by atoms with Crippen molar-refractivity contribution in [2.45, 2.75) is 26.1 Å². The maximum absolute atomic E-state index is 12.9. The Hall–Kier alpha value is -2.35. The number of carbonyl (C=O) groups is 1. The van der Waals surface area contributed by atoms with Gasteiger partial charge in [0.05, 0.1) is 17.8 Å². The molecule has 0 aliphatic heterocycles. The molecule has 2 atom stereocenters. The zero-order valence-electron chi connectivity index (χ0n) is 12.6. The highest BCUT2D eigenvalue weighted by atomic mass is 19.4. The summed E-state index contributed by atoms with van der Waals surface area (Å²) in [5.74, 6) is -0.625. The molecule has 5 nitrogen and oxygen atoms in total. The van der Waals surface area contributed by atoms with E-state index in [-0.39, 0.29) is 23.6 Å². The van der Waals surface area contributed by atoms with Crippen molar-refractivity contribution < 1.29 is 18.0 Å². The van der Waals surface area contributed by atoms with E-state index in [4.69, 9.17) is 5.73 Å². The second kappa shape index (κ2) is 6.41. The predicted octanol–water partition coefficient (Wildman–Crippen LogP) is 2.81. The number of hydrogen-bond acceptors (Lipinski definition) is 3. The summed E-state index contributed by atoms with van der Waals surface area (Å²) in [6.45, 7) is 3.43. The summed E-state index contributed by atoms with van der Waals surface area (Å²) in [4.78, 5) is 11.9. The van der Waals surface area contributed by atoms with Crippen LogP contribution < -0.4 is 11.1 Å². The number of nitrogens with zero attached hydrogens (tertiary/aromatic N) is 2. The van der Waals surface area contributed by atoms with Crippen LogP contribution in [0.1, 0.15) is 19.5 Å². The molecule has 1 heterocycles. The van der Waals surface area contributed by atoms with Crippen LogP contribution in [0.15, 0.2) is 36.5 Å². The van der Waals surface area contributed by atoms with Crippen molar-refractivity contribution in [3.8, 4) is 5.69 Å². The van der Waals surface area contributed by atoms with E-state index in [9.17, 15) is 18.0 Å². The summed E-state index contributed by atoms with van der Waals surface area (Å²) < 4.78 is 39.4. The molecule has 0 fully saturated rings. The van der Waals surface area contributed by atoms with Gasteiger partial charge in [-0.15, -0.1) is 0 Å². The van der Waals surface area contributed by atoms with Gasteiger partial charge in [-0.1, -0.05) is 6.92 Å². The van der Waals surface area contributed by atoms with Crippen LogP contribution in [0, 0.1) is 5.92 Å². The first kappa shape index (κ1) is 17.0. The number of anilines is 1. The van der Waals surface area contributed by atoms with Gasteiger partial charge in [0, 0.05) is 11.7 Å². The number of alkyl halides is 3. The lowest BCUT2D eigenvalue weighted by molar-refractivity contribution is -0.142. The molecule has 1 aromatic carbocycles. The maximum atomic E-state index is 12.9. The van der Waals surface area contributed by atoms with Gasteiger partial charge in [0.1, 0.15) is 5.69 Å². The fraction of sp³-hybridized carbons (Fsp3) is 0.333. The molecule has 0 bridgehead atoms. The van der Waals surface area contributed by atoms with E-state index >= 15 is 0 Å². The van der Waals surface area contributed by atoms with Crippen molar-refractivity contribution in [2.75, 3.05) is 5.32 Å². The Morgan fingerprint density at radius 2 is 1.83 bits per heavy atom. The Labute approximate surface area is 131 Å². The summed E-state index contributed by atoms with van der Waals surface area (Å²) in [6, 6.07) is 6.54. The number of nitrogens with one attached hydrogen (secondary N) is 1. The average molecular weight is 326 g/mol. The van der Waals surface area contributed by atoms with Gasteiger partial charge in [-0.3, -0.25) is 4.79 Å². The van der Waals surface area contributed by atoms with E-state index in [1.54, 1.807) is 13.8 Å². The number of rotatable bonds is 4. The monoisotopic (exact) mass is 326 g/mol. The summed E-state index contributed by atoms with van der Waals surface area (Å²) in [7, 11) is 0. The average Bonchev–Trinajstić information content (AvgIpc) is 2.96. The van der Waals surface area contributed by atoms with Crippen LogP contribution in [0.5, 0.6) is 0 Å². The first-order chi connectivity index (χ1) is 10.7. The third kappa shape index (κ3) is 3.89. The summed E-state index contributed by atoms with van der Waals surface area (Å²) in [5.41, 5.74) is 5.53. The first-order valence-electron chi connectivity index (χ1n) is 6.98. The molecule has 1 aromatic heterocycles. The van der Waals surface area contributed by atoms with Crippen LogP contribution in [-0.4, -0.2) is 21.7 Å². The molecule has 0 saturated carbocycles.